The number of carboxylic acid groups (broad SMARTS) is 1. The first-order chi connectivity index (χ1) is 12.5. The van der Waals surface area contributed by atoms with Crippen molar-refractivity contribution in [2.75, 3.05) is 6.61 Å². The summed E-state index contributed by atoms with van der Waals surface area (Å²) in [5, 5.41) is 8.92. The Balaban J connectivity index is 0.000000170. The Morgan fingerprint density at radius 1 is 1.35 bits per heavy atom. The number of carbonyl (C=O) groups is 1. The van der Waals surface area contributed by atoms with Crippen LogP contribution in [0, 0.1) is 0 Å². The first kappa shape index (κ1) is 18.9. The number of hydrogen-bond acceptors (Lipinski definition) is 3. The molecule has 138 valence electrons. The molecule has 2 aliphatic rings. The zero-order valence-electron chi connectivity index (χ0n) is 14.9. The van der Waals surface area contributed by atoms with Gasteiger partial charge in [0.2, 0.25) is 0 Å². The minimum Gasteiger partial charge on any atom is -0.493 e. The number of aryl methyl sites for hydroxylation is 1. The molecule has 1 aliphatic carbocycles. The summed E-state index contributed by atoms with van der Waals surface area (Å²) in [5.41, 5.74) is 10.7. The highest BCUT2D eigenvalue weighted by Crippen LogP contribution is 2.43. The van der Waals surface area contributed by atoms with Gasteiger partial charge in [0, 0.05) is 22.5 Å². The van der Waals surface area contributed by atoms with Gasteiger partial charge in [0.05, 0.1) is 13.0 Å². The van der Waals surface area contributed by atoms with Crippen LogP contribution in [0.4, 0.5) is 0 Å². The van der Waals surface area contributed by atoms with E-state index in [9.17, 15) is 4.79 Å². The van der Waals surface area contributed by atoms with Crippen molar-refractivity contribution in [2.24, 2.45) is 5.73 Å². The number of benzene rings is 2. The molecule has 4 rings (SSSR count). The number of aliphatic carboxylic acids is 1. The number of ether oxygens (including phenoxy) is 1. The van der Waals surface area contributed by atoms with Crippen LogP contribution in [-0.2, 0) is 17.6 Å². The second-order valence-corrected chi connectivity index (χ2v) is 7.81. The van der Waals surface area contributed by atoms with Gasteiger partial charge in [0.25, 0.3) is 0 Å². The quantitative estimate of drug-likeness (QED) is 0.765. The summed E-state index contributed by atoms with van der Waals surface area (Å²) >= 11 is 3.37. The van der Waals surface area contributed by atoms with Gasteiger partial charge in [-0.25, -0.2) is 0 Å². The average Bonchev–Trinajstić information content (AvgIpc) is 3.21. The van der Waals surface area contributed by atoms with Crippen molar-refractivity contribution in [3.63, 3.8) is 0 Å². The molecule has 3 N–H and O–H groups in total. The molecule has 1 heterocycles. The lowest BCUT2D eigenvalue weighted by Gasteiger charge is -2.12. The lowest BCUT2D eigenvalue weighted by atomic mass is 9.92. The van der Waals surface area contributed by atoms with Crippen LogP contribution in [0.2, 0.25) is 0 Å². The van der Waals surface area contributed by atoms with Crippen LogP contribution in [0.5, 0.6) is 5.75 Å². The predicted octanol–water partition coefficient (Wildman–Crippen LogP) is 4.59. The molecule has 5 heteroatoms. The van der Waals surface area contributed by atoms with Gasteiger partial charge >= 0.3 is 5.97 Å². The van der Waals surface area contributed by atoms with Crippen LogP contribution in [0.1, 0.15) is 54.0 Å². The van der Waals surface area contributed by atoms with E-state index in [0.717, 1.165) is 41.7 Å². The van der Waals surface area contributed by atoms with Crippen LogP contribution < -0.4 is 10.5 Å². The molecule has 0 amide bonds. The Morgan fingerprint density at radius 2 is 2.15 bits per heavy atom. The van der Waals surface area contributed by atoms with E-state index >= 15 is 0 Å². The Morgan fingerprint density at radius 3 is 2.81 bits per heavy atom. The van der Waals surface area contributed by atoms with Gasteiger partial charge in [-0.05, 0) is 60.6 Å². The fraction of sp³-hybridized carbons (Fsp3) is 0.381. The van der Waals surface area contributed by atoms with E-state index in [0.29, 0.717) is 0 Å². The number of fused-ring (bicyclic) bond motifs is 3. The molecule has 2 atom stereocenters. The summed E-state index contributed by atoms with van der Waals surface area (Å²) in [7, 11) is 0. The fourth-order valence-electron chi connectivity index (χ4n) is 3.75. The molecule has 2 aromatic carbocycles. The van der Waals surface area contributed by atoms with E-state index in [-0.39, 0.29) is 18.4 Å². The van der Waals surface area contributed by atoms with Gasteiger partial charge in [-0.1, -0.05) is 34.1 Å². The molecule has 4 nitrogen and oxygen atoms in total. The van der Waals surface area contributed by atoms with Crippen molar-refractivity contribution >= 4 is 21.9 Å². The van der Waals surface area contributed by atoms with Crippen LogP contribution in [0.15, 0.2) is 40.9 Å². The van der Waals surface area contributed by atoms with Crippen molar-refractivity contribution in [3.05, 3.63) is 63.1 Å². The van der Waals surface area contributed by atoms with Crippen molar-refractivity contribution in [1.82, 2.24) is 0 Å². The highest BCUT2D eigenvalue weighted by molar-refractivity contribution is 9.10. The fourth-order valence-corrected chi connectivity index (χ4v) is 4.17. The molecule has 0 fully saturated rings. The Hall–Kier alpha value is -1.85. The third-order valence-electron chi connectivity index (χ3n) is 4.98. The van der Waals surface area contributed by atoms with Crippen molar-refractivity contribution in [1.29, 1.82) is 0 Å². The molecular weight excluding hydrogens is 394 g/mol. The predicted molar refractivity (Wildman–Crippen MR) is 106 cm³/mol. The smallest absolute Gasteiger partial charge is 0.303 e. The molecular formula is C21H24BrNO3. The van der Waals surface area contributed by atoms with Gasteiger partial charge in [-0.3, -0.25) is 4.79 Å². The molecule has 0 radical (unpaired) electrons. The van der Waals surface area contributed by atoms with Gasteiger partial charge in [0.15, 0.2) is 0 Å². The zero-order valence-corrected chi connectivity index (χ0v) is 16.5. The SMILES string of the molecule is C[C@H](N)c1cccc(Br)c1.O=C(O)C[C@@H]1CCc2ccc3c(c21)CCO3. The molecule has 26 heavy (non-hydrogen) atoms. The second kappa shape index (κ2) is 8.23. The highest BCUT2D eigenvalue weighted by atomic mass is 79.9. The molecule has 0 saturated heterocycles. The standard InChI is InChI=1S/C13H14O3.C8H10BrN/c14-12(15)7-9-2-1-8-3-4-11-10(13(8)9)5-6-16-11;1-6(10)7-3-2-4-8(9)5-7/h3-4,9H,1-2,5-7H2,(H,14,15);2-6H,10H2,1H3/t9-;6-/m00/s1. The Labute approximate surface area is 162 Å². The van der Waals surface area contributed by atoms with Gasteiger partial charge in [-0.15, -0.1) is 0 Å². The van der Waals surface area contributed by atoms with E-state index in [1.807, 2.05) is 37.3 Å². The van der Waals surface area contributed by atoms with E-state index in [1.54, 1.807) is 0 Å². The Kier molecular flexibility index (Phi) is 5.99. The first-order valence-electron chi connectivity index (χ1n) is 8.96. The second-order valence-electron chi connectivity index (χ2n) is 6.89. The summed E-state index contributed by atoms with van der Waals surface area (Å²) in [6.45, 7) is 2.72. The molecule has 0 spiro atoms. The summed E-state index contributed by atoms with van der Waals surface area (Å²) in [6, 6.07) is 12.3. The minimum absolute atomic E-state index is 0.123. The third kappa shape index (κ3) is 4.27. The molecule has 0 saturated carbocycles. The van der Waals surface area contributed by atoms with Gasteiger partial charge in [-0.2, -0.15) is 0 Å². The normalized spacial score (nSPS) is 18.2. The molecule has 0 unspecified atom stereocenters. The van der Waals surface area contributed by atoms with Crippen molar-refractivity contribution < 1.29 is 14.6 Å². The number of nitrogens with two attached hydrogens (primary N) is 1. The Bertz CT molecular complexity index is 804. The average molecular weight is 418 g/mol. The largest absolute Gasteiger partial charge is 0.493 e. The van der Waals surface area contributed by atoms with Crippen LogP contribution >= 0.6 is 15.9 Å². The third-order valence-corrected chi connectivity index (χ3v) is 5.47. The lowest BCUT2D eigenvalue weighted by Crippen LogP contribution is -2.05. The summed E-state index contributed by atoms with van der Waals surface area (Å²) < 4.78 is 6.62. The monoisotopic (exact) mass is 417 g/mol. The number of rotatable bonds is 3. The summed E-state index contributed by atoms with van der Waals surface area (Å²) in [5.74, 6) is 0.467. The van der Waals surface area contributed by atoms with Crippen LogP contribution in [0.25, 0.3) is 0 Å². The number of carboxylic acids is 1. The van der Waals surface area contributed by atoms with E-state index in [4.69, 9.17) is 15.6 Å². The summed E-state index contributed by atoms with van der Waals surface area (Å²) in [6.07, 6.45) is 3.18. The zero-order chi connectivity index (χ0) is 18.7. The number of hydrogen-bond donors (Lipinski definition) is 2. The lowest BCUT2D eigenvalue weighted by molar-refractivity contribution is -0.137. The molecule has 1 aliphatic heterocycles. The van der Waals surface area contributed by atoms with Crippen molar-refractivity contribution in [2.45, 2.75) is 44.6 Å². The maximum absolute atomic E-state index is 10.8. The van der Waals surface area contributed by atoms with Crippen molar-refractivity contribution in [3.8, 4) is 5.75 Å². The molecule has 0 aromatic heterocycles. The number of halogens is 1. The van der Waals surface area contributed by atoms with E-state index < -0.39 is 5.97 Å². The van der Waals surface area contributed by atoms with E-state index in [1.165, 1.54) is 16.7 Å². The van der Waals surface area contributed by atoms with Gasteiger partial charge < -0.3 is 15.6 Å². The first-order valence-corrected chi connectivity index (χ1v) is 9.75. The maximum Gasteiger partial charge on any atom is 0.303 e. The minimum atomic E-state index is -0.700. The van der Waals surface area contributed by atoms with Gasteiger partial charge in [0.1, 0.15) is 5.75 Å². The van der Waals surface area contributed by atoms with Crippen LogP contribution in [-0.4, -0.2) is 17.7 Å². The highest BCUT2D eigenvalue weighted by Gasteiger charge is 2.30. The molecule has 2 aromatic rings. The van der Waals surface area contributed by atoms with E-state index in [2.05, 4.69) is 22.0 Å². The molecule has 0 bridgehead atoms. The summed E-state index contributed by atoms with van der Waals surface area (Å²) in [4.78, 5) is 10.8. The topological polar surface area (TPSA) is 72.6 Å². The van der Waals surface area contributed by atoms with Crippen LogP contribution in [0.3, 0.4) is 0 Å². The maximum atomic E-state index is 10.8.